The lowest BCUT2D eigenvalue weighted by Crippen LogP contribution is -1.98. The minimum Gasteiger partial charge on any atom is -0.493 e. The minimum absolute atomic E-state index is 0.733. The van der Waals surface area contributed by atoms with E-state index in [2.05, 4.69) is 60.4 Å². The largest absolute Gasteiger partial charge is 0.493 e. The Morgan fingerprint density at radius 3 is 2.74 bits per heavy atom. The number of aryl methyl sites for hydroxylation is 1. The molecule has 1 aromatic heterocycles. The molecule has 3 rings (SSSR count). The number of ether oxygens (including phenoxy) is 1. The molecule has 0 atom stereocenters. The summed E-state index contributed by atoms with van der Waals surface area (Å²) in [6, 6.07) is 16.8. The first-order valence-electron chi connectivity index (χ1n) is 8.03. The van der Waals surface area contributed by atoms with E-state index in [1.165, 1.54) is 16.3 Å². The lowest BCUT2D eigenvalue weighted by Gasteiger charge is -2.08. The molecule has 0 saturated heterocycles. The minimum atomic E-state index is 0.733. The first-order chi connectivity index (χ1) is 11.3. The van der Waals surface area contributed by atoms with Crippen LogP contribution in [0, 0.1) is 6.92 Å². The molecule has 2 aromatic carbocycles. The summed E-state index contributed by atoms with van der Waals surface area (Å²) >= 11 is 0. The van der Waals surface area contributed by atoms with Crippen molar-refractivity contribution in [3.8, 4) is 5.75 Å². The average molecular weight is 303 g/mol. The molecule has 0 saturated carbocycles. The van der Waals surface area contributed by atoms with Gasteiger partial charge in [0.2, 0.25) is 0 Å². The molecule has 0 aliphatic rings. The van der Waals surface area contributed by atoms with Crippen LogP contribution in [0.3, 0.4) is 0 Å². The monoisotopic (exact) mass is 303 g/mol. The van der Waals surface area contributed by atoms with Crippen LogP contribution in [0.4, 0.5) is 0 Å². The van der Waals surface area contributed by atoms with Crippen LogP contribution in [0.1, 0.15) is 30.2 Å². The van der Waals surface area contributed by atoms with Gasteiger partial charge < -0.3 is 4.74 Å². The molecule has 0 radical (unpaired) electrons. The van der Waals surface area contributed by atoms with E-state index in [0.29, 0.717) is 0 Å². The van der Waals surface area contributed by atoms with Crippen LogP contribution in [-0.4, -0.2) is 11.6 Å². The Balaban J connectivity index is 1.90. The highest BCUT2D eigenvalue weighted by atomic mass is 16.5. The molecule has 2 heteroatoms. The van der Waals surface area contributed by atoms with Gasteiger partial charge in [-0.2, -0.15) is 0 Å². The van der Waals surface area contributed by atoms with Crippen LogP contribution in [0.15, 0.2) is 54.7 Å². The third-order valence-corrected chi connectivity index (χ3v) is 3.79. The van der Waals surface area contributed by atoms with Crippen molar-refractivity contribution in [3.63, 3.8) is 0 Å². The van der Waals surface area contributed by atoms with Gasteiger partial charge in [-0.3, -0.25) is 4.98 Å². The van der Waals surface area contributed by atoms with Gasteiger partial charge in [0.25, 0.3) is 0 Å². The SMILES string of the molecule is CCCOc1cc(C=Cc2cccc3ccccc23)ncc1C. The van der Waals surface area contributed by atoms with Crippen molar-refractivity contribution in [2.75, 3.05) is 6.61 Å². The van der Waals surface area contributed by atoms with E-state index >= 15 is 0 Å². The summed E-state index contributed by atoms with van der Waals surface area (Å²) in [6.07, 6.45) is 7.03. The number of hydrogen-bond acceptors (Lipinski definition) is 2. The summed E-state index contributed by atoms with van der Waals surface area (Å²) in [7, 11) is 0. The van der Waals surface area contributed by atoms with E-state index < -0.39 is 0 Å². The molecule has 1 heterocycles. The molecule has 3 aromatic rings. The molecule has 23 heavy (non-hydrogen) atoms. The molecule has 0 unspecified atom stereocenters. The van der Waals surface area contributed by atoms with E-state index in [-0.39, 0.29) is 0 Å². The quantitative estimate of drug-likeness (QED) is 0.620. The van der Waals surface area contributed by atoms with Gasteiger partial charge in [0.15, 0.2) is 0 Å². The third kappa shape index (κ3) is 3.59. The Morgan fingerprint density at radius 1 is 1.04 bits per heavy atom. The summed E-state index contributed by atoms with van der Waals surface area (Å²) in [5.74, 6) is 0.916. The Morgan fingerprint density at radius 2 is 1.87 bits per heavy atom. The molecular formula is C21H21NO. The van der Waals surface area contributed by atoms with Crippen molar-refractivity contribution >= 4 is 22.9 Å². The van der Waals surface area contributed by atoms with Crippen molar-refractivity contribution in [2.24, 2.45) is 0 Å². The standard InChI is InChI=1S/C21H21NO/c1-3-13-23-21-14-19(22-15-16(21)2)12-11-18-9-6-8-17-7-4-5-10-20(17)18/h4-12,14-15H,3,13H2,1-2H3. The van der Waals surface area contributed by atoms with Gasteiger partial charge in [-0.05, 0) is 35.8 Å². The Bertz CT molecular complexity index is 831. The number of aromatic nitrogens is 1. The molecule has 0 bridgehead atoms. The second kappa shape index (κ2) is 7.10. The second-order valence-corrected chi connectivity index (χ2v) is 5.62. The van der Waals surface area contributed by atoms with Crippen LogP contribution in [0.5, 0.6) is 5.75 Å². The van der Waals surface area contributed by atoms with E-state index in [9.17, 15) is 0 Å². The predicted octanol–water partition coefficient (Wildman–Crippen LogP) is 5.50. The zero-order valence-electron chi connectivity index (χ0n) is 13.6. The molecule has 0 spiro atoms. The lowest BCUT2D eigenvalue weighted by molar-refractivity contribution is 0.315. The topological polar surface area (TPSA) is 22.1 Å². The first kappa shape index (κ1) is 15.3. The predicted molar refractivity (Wildman–Crippen MR) is 97.6 cm³/mol. The van der Waals surface area contributed by atoms with Crippen molar-refractivity contribution < 1.29 is 4.74 Å². The van der Waals surface area contributed by atoms with Gasteiger partial charge in [-0.15, -0.1) is 0 Å². The number of rotatable bonds is 5. The van der Waals surface area contributed by atoms with Gasteiger partial charge in [-0.1, -0.05) is 55.5 Å². The van der Waals surface area contributed by atoms with Gasteiger partial charge in [0.05, 0.1) is 12.3 Å². The summed E-state index contributed by atoms with van der Waals surface area (Å²) in [5.41, 5.74) is 3.18. The molecular weight excluding hydrogens is 282 g/mol. The Labute approximate surface area is 137 Å². The van der Waals surface area contributed by atoms with Crippen molar-refractivity contribution in [3.05, 3.63) is 71.5 Å². The van der Waals surface area contributed by atoms with E-state index in [1.807, 2.05) is 25.3 Å². The maximum atomic E-state index is 5.77. The van der Waals surface area contributed by atoms with Crippen LogP contribution < -0.4 is 4.74 Å². The van der Waals surface area contributed by atoms with Gasteiger partial charge in [0.1, 0.15) is 5.75 Å². The zero-order valence-corrected chi connectivity index (χ0v) is 13.6. The molecule has 0 aliphatic heterocycles. The third-order valence-electron chi connectivity index (χ3n) is 3.79. The smallest absolute Gasteiger partial charge is 0.125 e. The zero-order chi connectivity index (χ0) is 16.1. The lowest BCUT2D eigenvalue weighted by atomic mass is 10.0. The molecule has 116 valence electrons. The average Bonchev–Trinajstić information content (AvgIpc) is 2.60. The summed E-state index contributed by atoms with van der Waals surface area (Å²) in [4.78, 5) is 4.48. The molecule has 0 N–H and O–H groups in total. The highest BCUT2D eigenvalue weighted by molar-refractivity contribution is 5.92. The normalized spacial score (nSPS) is 11.2. The fraction of sp³-hybridized carbons (Fsp3) is 0.190. The first-order valence-corrected chi connectivity index (χ1v) is 8.03. The number of nitrogens with zero attached hydrogens (tertiary/aromatic N) is 1. The number of hydrogen-bond donors (Lipinski definition) is 0. The van der Waals surface area contributed by atoms with Gasteiger partial charge >= 0.3 is 0 Å². The van der Waals surface area contributed by atoms with E-state index in [1.54, 1.807) is 0 Å². The number of fused-ring (bicyclic) bond motifs is 1. The van der Waals surface area contributed by atoms with Crippen molar-refractivity contribution in [2.45, 2.75) is 20.3 Å². The van der Waals surface area contributed by atoms with Crippen molar-refractivity contribution in [1.29, 1.82) is 0 Å². The van der Waals surface area contributed by atoms with Crippen molar-refractivity contribution in [1.82, 2.24) is 4.98 Å². The van der Waals surface area contributed by atoms with Crippen LogP contribution in [0.25, 0.3) is 22.9 Å². The fourth-order valence-electron chi connectivity index (χ4n) is 2.55. The highest BCUT2D eigenvalue weighted by Gasteiger charge is 2.02. The summed E-state index contributed by atoms with van der Waals surface area (Å²) in [6.45, 7) is 4.87. The number of benzene rings is 2. The van der Waals surface area contributed by atoms with Crippen LogP contribution >= 0.6 is 0 Å². The van der Waals surface area contributed by atoms with E-state index in [4.69, 9.17) is 4.74 Å². The maximum absolute atomic E-state index is 5.77. The summed E-state index contributed by atoms with van der Waals surface area (Å²) in [5, 5.41) is 2.50. The van der Waals surface area contributed by atoms with Gasteiger partial charge in [-0.25, -0.2) is 0 Å². The molecule has 0 aliphatic carbocycles. The number of pyridine rings is 1. The van der Waals surface area contributed by atoms with E-state index in [0.717, 1.165) is 30.0 Å². The molecule has 0 fully saturated rings. The maximum Gasteiger partial charge on any atom is 0.125 e. The van der Waals surface area contributed by atoms with Gasteiger partial charge in [0, 0.05) is 17.8 Å². The Hall–Kier alpha value is -2.61. The highest BCUT2D eigenvalue weighted by Crippen LogP contribution is 2.22. The molecule has 2 nitrogen and oxygen atoms in total. The fourth-order valence-corrected chi connectivity index (χ4v) is 2.55. The second-order valence-electron chi connectivity index (χ2n) is 5.62. The van der Waals surface area contributed by atoms with Crippen LogP contribution in [0.2, 0.25) is 0 Å². The van der Waals surface area contributed by atoms with Crippen LogP contribution in [-0.2, 0) is 0 Å². The molecule has 0 amide bonds. The Kier molecular flexibility index (Phi) is 4.72. The summed E-state index contributed by atoms with van der Waals surface area (Å²) < 4.78 is 5.77.